The number of anilines is 1. The number of piperazine rings is 1. The number of carbonyl (C=O) groups excluding carboxylic acids is 2. The molecular formula is C20H21BrN4O4. The van der Waals surface area contributed by atoms with Crippen LogP contribution in [0.4, 0.5) is 11.4 Å². The van der Waals surface area contributed by atoms with Gasteiger partial charge in [0.05, 0.1) is 4.92 Å². The van der Waals surface area contributed by atoms with Gasteiger partial charge in [-0.3, -0.25) is 19.7 Å². The molecule has 2 aromatic rings. The topological polar surface area (TPSA) is 95.8 Å². The van der Waals surface area contributed by atoms with E-state index in [-0.39, 0.29) is 30.5 Å². The average molecular weight is 461 g/mol. The summed E-state index contributed by atoms with van der Waals surface area (Å²) in [6.07, 6.45) is 0.250. The number of rotatable bonds is 6. The Morgan fingerprint density at radius 1 is 1.00 bits per heavy atom. The first kappa shape index (κ1) is 20.8. The predicted octanol–water partition coefficient (Wildman–Crippen LogP) is 2.83. The number of nitrogens with zero attached hydrogens (tertiary/aromatic N) is 3. The van der Waals surface area contributed by atoms with Crippen molar-refractivity contribution in [1.29, 1.82) is 0 Å². The molecule has 29 heavy (non-hydrogen) atoms. The molecule has 0 aliphatic carbocycles. The van der Waals surface area contributed by atoms with Gasteiger partial charge in [0.25, 0.3) is 11.6 Å². The molecule has 1 aliphatic heterocycles. The van der Waals surface area contributed by atoms with Crippen LogP contribution in [0.25, 0.3) is 0 Å². The van der Waals surface area contributed by atoms with E-state index in [9.17, 15) is 19.7 Å². The van der Waals surface area contributed by atoms with Gasteiger partial charge >= 0.3 is 0 Å². The van der Waals surface area contributed by atoms with Gasteiger partial charge in [-0.05, 0) is 36.4 Å². The predicted molar refractivity (Wildman–Crippen MR) is 113 cm³/mol. The normalized spacial score (nSPS) is 13.8. The van der Waals surface area contributed by atoms with Crippen molar-refractivity contribution in [2.24, 2.45) is 0 Å². The number of halogens is 1. The van der Waals surface area contributed by atoms with Crippen LogP contribution in [0.15, 0.2) is 53.0 Å². The molecule has 0 saturated carbocycles. The zero-order chi connectivity index (χ0) is 20.8. The highest BCUT2D eigenvalue weighted by Crippen LogP contribution is 2.20. The van der Waals surface area contributed by atoms with E-state index in [4.69, 9.17) is 0 Å². The third-order valence-corrected chi connectivity index (χ3v) is 5.32. The van der Waals surface area contributed by atoms with E-state index >= 15 is 0 Å². The Hall–Kier alpha value is -2.94. The van der Waals surface area contributed by atoms with E-state index in [2.05, 4.69) is 26.1 Å². The summed E-state index contributed by atoms with van der Waals surface area (Å²) < 4.78 is 0.900. The van der Waals surface area contributed by atoms with Crippen LogP contribution in [-0.4, -0.2) is 54.4 Å². The van der Waals surface area contributed by atoms with Gasteiger partial charge in [0.2, 0.25) is 5.91 Å². The molecule has 2 aromatic carbocycles. The largest absolute Gasteiger partial charge is 0.368 e. The highest BCUT2D eigenvalue weighted by atomic mass is 79.9. The van der Waals surface area contributed by atoms with Crippen LogP contribution in [0.1, 0.15) is 16.8 Å². The van der Waals surface area contributed by atoms with Crippen molar-refractivity contribution in [2.45, 2.75) is 6.42 Å². The molecule has 0 atom stereocenters. The van der Waals surface area contributed by atoms with Crippen molar-refractivity contribution in [3.8, 4) is 0 Å². The Kier molecular flexibility index (Phi) is 6.82. The van der Waals surface area contributed by atoms with Crippen molar-refractivity contribution in [2.75, 3.05) is 37.6 Å². The van der Waals surface area contributed by atoms with Crippen LogP contribution in [0.2, 0.25) is 0 Å². The Morgan fingerprint density at radius 3 is 2.21 bits per heavy atom. The number of hydrogen-bond acceptors (Lipinski definition) is 5. The molecule has 0 radical (unpaired) electrons. The SMILES string of the molecule is O=C(NCCC(=O)N1CCN(c2ccc([N+](=O)[O-])cc2)CC1)c1ccc(Br)cc1. The molecular weight excluding hydrogens is 440 g/mol. The summed E-state index contributed by atoms with van der Waals surface area (Å²) in [7, 11) is 0. The minimum atomic E-state index is -0.421. The Labute approximate surface area is 176 Å². The smallest absolute Gasteiger partial charge is 0.269 e. The maximum absolute atomic E-state index is 12.4. The number of amides is 2. The number of carbonyl (C=O) groups is 2. The number of non-ortho nitro benzene ring substituents is 1. The number of hydrogen-bond donors (Lipinski definition) is 1. The lowest BCUT2D eigenvalue weighted by atomic mass is 10.2. The molecule has 1 N–H and O–H groups in total. The summed E-state index contributed by atoms with van der Waals surface area (Å²) in [6.45, 7) is 2.77. The molecule has 9 heteroatoms. The van der Waals surface area contributed by atoms with Crippen molar-refractivity contribution in [3.05, 3.63) is 68.7 Å². The number of nitro benzene ring substituents is 1. The molecule has 0 bridgehead atoms. The van der Waals surface area contributed by atoms with E-state index in [1.54, 1.807) is 41.3 Å². The standard InChI is InChI=1S/C20H21BrN4O4/c21-16-3-1-15(2-4-16)20(27)22-10-9-19(26)24-13-11-23(12-14-24)17-5-7-18(8-6-17)25(28)29/h1-8H,9-14H2,(H,22,27). The van der Waals surface area contributed by atoms with Crippen LogP contribution >= 0.6 is 15.9 Å². The monoisotopic (exact) mass is 460 g/mol. The lowest BCUT2D eigenvalue weighted by Crippen LogP contribution is -2.49. The van der Waals surface area contributed by atoms with E-state index in [1.807, 2.05) is 0 Å². The van der Waals surface area contributed by atoms with Gasteiger partial charge in [-0.15, -0.1) is 0 Å². The average Bonchev–Trinajstić information content (AvgIpc) is 2.74. The van der Waals surface area contributed by atoms with E-state index in [0.29, 0.717) is 31.7 Å². The number of benzene rings is 2. The summed E-state index contributed by atoms with van der Waals surface area (Å²) in [5, 5.41) is 13.5. The Morgan fingerprint density at radius 2 is 1.62 bits per heavy atom. The summed E-state index contributed by atoms with van der Waals surface area (Å²) >= 11 is 3.33. The van der Waals surface area contributed by atoms with Gasteiger partial charge in [-0.1, -0.05) is 15.9 Å². The molecule has 0 aromatic heterocycles. The second kappa shape index (κ2) is 9.51. The van der Waals surface area contributed by atoms with Gasteiger partial charge in [-0.25, -0.2) is 0 Å². The molecule has 0 spiro atoms. The van der Waals surface area contributed by atoms with E-state index in [0.717, 1.165) is 10.2 Å². The Bertz CT molecular complexity index is 878. The summed E-state index contributed by atoms with van der Waals surface area (Å²) in [4.78, 5) is 38.7. The molecule has 152 valence electrons. The summed E-state index contributed by atoms with van der Waals surface area (Å²) in [5.41, 5.74) is 1.52. The maximum Gasteiger partial charge on any atom is 0.269 e. The zero-order valence-corrected chi connectivity index (χ0v) is 17.3. The van der Waals surface area contributed by atoms with E-state index in [1.165, 1.54) is 12.1 Å². The quantitative estimate of drug-likeness (QED) is 0.528. The third kappa shape index (κ3) is 5.54. The van der Waals surface area contributed by atoms with Crippen molar-refractivity contribution in [3.63, 3.8) is 0 Å². The second-order valence-electron chi connectivity index (χ2n) is 6.65. The van der Waals surface area contributed by atoms with Gasteiger partial charge in [0, 0.05) is 67.0 Å². The molecule has 1 aliphatic rings. The first-order valence-electron chi connectivity index (χ1n) is 9.25. The highest BCUT2D eigenvalue weighted by molar-refractivity contribution is 9.10. The Balaban J connectivity index is 1.42. The van der Waals surface area contributed by atoms with Crippen LogP contribution in [0.5, 0.6) is 0 Å². The summed E-state index contributed by atoms with van der Waals surface area (Å²) in [5.74, 6) is -0.197. The highest BCUT2D eigenvalue weighted by Gasteiger charge is 2.21. The van der Waals surface area contributed by atoms with Crippen LogP contribution in [-0.2, 0) is 4.79 Å². The molecule has 1 fully saturated rings. The molecule has 1 saturated heterocycles. The second-order valence-corrected chi connectivity index (χ2v) is 7.57. The van der Waals surface area contributed by atoms with Crippen LogP contribution in [0, 0.1) is 10.1 Å². The fraction of sp³-hybridized carbons (Fsp3) is 0.300. The number of nitro groups is 1. The minimum absolute atomic E-state index is 0.00413. The molecule has 1 heterocycles. The molecule has 3 rings (SSSR count). The maximum atomic E-state index is 12.4. The minimum Gasteiger partial charge on any atom is -0.368 e. The van der Waals surface area contributed by atoms with Gasteiger partial charge < -0.3 is 15.1 Å². The van der Waals surface area contributed by atoms with Crippen molar-refractivity contribution in [1.82, 2.24) is 10.2 Å². The molecule has 0 unspecified atom stereocenters. The number of nitrogens with one attached hydrogen (secondary N) is 1. The first-order valence-corrected chi connectivity index (χ1v) is 10.0. The summed E-state index contributed by atoms with van der Waals surface area (Å²) in [6, 6.07) is 13.5. The lowest BCUT2D eigenvalue weighted by molar-refractivity contribution is -0.384. The van der Waals surface area contributed by atoms with Gasteiger partial charge in [-0.2, -0.15) is 0 Å². The van der Waals surface area contributed by atoms with Crippen molar-refractivity contribution < 1.29 is 14.5 Å². The molecule has 2 amide bonds. The lowest BCUT2D eigenvalue weighted by Gasteiger charge is -2.36. The van der Waals surface area contributed by atoms with Gasteiger partial charge in [0.1, 0.15) is 0 Å². The third-order valence-electron chi connectivity index (χ3n) is 4.79. The fourth-order valence-corrected chi connectivity index (χ4v) is 3.41. The van der Waals surface area contributed by atoms with E-state index < -0.39 is 4.92 Å². The first-order chi connectivity index (χ1) is 13.9. The van der Waals surface area contributed by atoms with Crippen LogP contribution < -0.4 is 10.2 Å². The zero-order valence-electron chi connectivity index (χ0n) is 15.7. The fourth-order valence-electron chi connectivity index (χ4n) is 3.14. The molecule has 8 nitrogen and oxygen atoms in total. The van der Waals surface area contributed by atoms with Crippen molar-refractivity contribution >= 4 is 39.1 Å². The van der Waals surface area contributed by atoms with Crippen LogP contribution in [0.3, 0.4) is 0 Å². The van der Waals surface area contributed by atoms with Gasteiger partial charge in [0.15, 0.2) is 0 Å².